The Bertz CT molecular complexity index is 1210. The molecule has 2 aromatic carbocycles. The van der Waals surface area contributed by atoms with Crippen molar-refractivity contribution in [1.29, 1.82) is 0 Å². The molecule has 2 heterocycles. The van der Waals surface area contributed by atoms with E-state index < -0.39 is 0 Å². The summed E-state index contributed by atoms with van der Waals surface area (Å²) in [5.41, 5.74) is 3.15. The number of anilines is 2. The van der Waals surface area contributed by atoms with E-state index >= 15 is 0 Å². The zero-order valence-electron chi connectivity index (χ0n) is 17.0. The van der Waals surface area contributed by atoms with Gasteiger partial charge >= 0.3 is 0 Å². The van der Waals surface area contributed by atoms with Gasteiger partial charge in [0.15, 0.2) is 5.43 Å². The van der Waals surface area contributed by atoms with E-state index in [1.54, 1.807) is 13.2 Å². The quantitative estimate of drug-likeness (QED) is 0.463. The highest BCUT2D eigenvalue weighted by molar-refractivity contribution is 5.88. The van der Waals surface area contributed by atoms with Crippen molar-refractivity contribution in [2.45, 2.75) is 6.92 Å². The number of methoxy groups -OCH3 is 1. The molecule has 0 saturated carbocycles. The Labute approximate surface area is 174 Å². The third-order valence-electron chi connectivity index (χ3n) is 4.68. The van der Waals surface area contributed by atoms with Crippen LogP contribution >= 0.6 is 0 Å². The van der Waals surface area contributed by atoms with Crippen LogP contribution in [0.4, 0.5) is 11.5 Å². The summed E-state index contributed by atoms with van der Waals surface area (Å²) >= 11 is 0. The fourth-order valence-corrected chi connectivity index (χ4v) is 3.37. The van der Waals surface area contributed by atoms with Crippen LogP contribution in [0.15, 0.2) is 77.6 Å². The van der Waals surface area contributed by atoms with Gasteiger partial charge in [-0.15, -0.1) is 0 Å². The fraction of sp³-hybridized carbons (Fsp3) is 0.167. The maximum Gasteiger partial charge on any atom is 0.227 e. The van der Waals surface area contributed by atoms with E-state index in [-0.39, 0.29) is 5.43 Å². The van der Waals surface area contributed by atoms with Crippen LogP contribution in [0.1, 0.15) is 5.69 Å². The van der Waals surface area contributed by atoms with E-state index in [4.69, 9.17) is 9.47 Å². The molecule has 0 atom stereocenters. The van der Waals surface area contributed by atoms with Crippen LogP contribution in [0.5, 0.6) is 5.88 Å². The number of ether oxygens (including phenoxy) is 2. The predicted molar refractivity (Wildman–Crippen MR) is 119 cm³/mol. The van der Waals surface area contributed by atoms with E-state index in [1.165, 1.54) is 0 Å². The van der Waals surface area contributed by atoms with Gasteiger partial charge in [0, 0.05) is 30.2 Å². The first-order valence-electron chi connectivity index (χ1n) is 9.74. The number of aryl methyl sites for hydroxylation is 1. The Kier molecular flexibility index (Phi) is 5.77. The van der Waals surface area contributed by atoms with Gasteiger partial charge in [-0.1, -0.05) is 36.4 Å². The van der Waals surface area contributed by atoms with Crippen LogP contribution in [-0.4, -0.2) is 29.9 Å². The molecule has 0 unspecified atom stereocenters. The number of pyridine rings is 2. The summed E-state index contributed by atoms with van der Waals surface area (Å²) in [5.74, 6) is 0.987. The van der Waals surface area contributed by atoms with Crippen LogP contribution in [0, 0.1) is 6.92 Å². The van der Waals surface area contributed by atoms with Gasteiger partial charge in [-0.3, -0.25) is 9.36 Å². The molecule has 152 valence electrons. The fourth-order valence-electron chi connectivity index (χ4n) is 3.37. The average Bonchev–Trinajstić information content (AvgIpc) is 2.75. The van der Waals surface area contributed by atoms with E-state index in [9.17, 15) is 4.79 Å². The molecule has 0 spiro atoms. The standard InChI is InChI=1S/C24H23N3O3/c1-17-15-20-23(24(25-17)30-14-13-29-2)21(28)16-22(26-18-9-5-3-6-10-18)27(20)19-11-7-4-8-12-19/h3-12,15-16,26H,13-14H2,1-2H3. The molecule has 0 amide bonds. The number of para-hydroxylation sites is 2. The first-order chi connectivity index (χ1) is 14.7. The second-order valence-electron chi connectivity index (χ2n) is 6.86. The highest BCUT2D eigenvalue weighted by atomic mass is 16.5. The Morgan fingerprint density at radius 2 is 1.67 bits per heavy atom. The first-order valence-corrected chi connectivity index (χ1v) is 9.74. The van der Waals surface area contributed by atoms with E-state index in [0.29, 0.717) is 30.3 Å². The molecule has 0 saturated heterocycles. The van der Waals surface area contributed by atoms with E-state index in [1.807, 2.05) is 78.2 Å². The number of hydrogen-bond donors (Lipinski definition) is 1. The molecule has 1 N–H and O–H groups in total. The van der Waals surface area contributed by atoms with Crippen molar-refractivity contribution >= 4 is 22.4 Å². The summed E-state index contributed by atoms with van der Waals surface area (Å²) in [6, 6.07) is 23.2. The predicted octanol–water partition coefficient (Wildman–Crippen LogP) is 4.46. The van der Waals surface area contributed by atoms with Crippen molar-refractivity contribution in [3.63, 3.8) is 0 Å². The summed E-state index contributed by atoms with van der Waals surface area (Å²) in [6.07, 6.45) is 0. The lowest BCUT2D eigenvalue weighted by Gasteiger charge is -2.19. The number of benzene rings is 2. The summed E-state index contributed by atoms with van der Waals surface area (Å²) in [6.45, 7) is 2.62. The molecule has 0 aliphatic carbocycles. The number of rotatable bonds is 7. The Balaban J connectivity index is 1.97. The molecule has 0 aliphatic rings. The van der Waals surface area contributed by atoms with Crippen molar-refractivity contribution in [2.75, 3.05) is 25.6 Å². The normalized spacial score (nSPS) is 10.9. The zero-order valence-corrected chi connectivity index (χ0v) is 17.0. The van der Waals surface area contributed by atoms with Crippen molar-refractivity contribution in [2.24, 2.45) is 0 Å². The number of hydrogen-bond acceptors (Lipinski definition) is 5. The van der Waals surface area contributed by atoms with Crippen molar-refractivity contribution in [1.82, 2.24) is 9.55 Å². The molecule has 6 heteroatoms. The van der Waals surface area contributed by atoms with Gasteiger partial charge in [-0.05, 0) is 37.3 Å². The highest BCUT2D eigenvalue weighted by Gasteiger charge is 2.17. The zero-order chi connectivity index (χ0) is 20.9. The number of nitrogens with one attached hydrogen (secondary N) is 1. The number of nitrogens with zero attached hydrogens (tertiary/aromatic N) is 2. The van der Waals surface area contributed by atoms with Crippen LogP contribution in [0.25, 0.3) is 16.6 Å². The molecule has 4 aromatic rings. The third kappa shape index (κ3) is 4.04. The molecule has 30 heavy (non-hydrogen) atoms. The summed E-state index contributed by atoms with van der Waals surface area (Å²) in [7, 11) is 1.61. The Hall–Kier alpha value is -3.64. The maximum atomic E-state index is 13.1. The van der Waals surface area contributed by atoms with Crippen LogP contribution in [0.3, 0.4) is 0 Å². The molecule has 2 aromatic heterocycles. The third-order valence-corrected chi connectivity index (χ3v) is 4.68. The second-order valence-corrected chi connectivity index (χ2v) is 6.86. The second kappa shape index (κ2) is 8.80. The highest BCUT2D eigenvalue weighted by Crippen LogP contribution is 2.29. The summed E-state index contributed by atoms with van der Waals surface area (Å²) in [5, 5.41) is 3.82. The minimum atomic E-state index is -0.157. The molecular formula is C24H23N3O3. The van der Waals surface area contributed by atoms with Crippen LogP contribution < -0.4 is 15.5 Å². The van der Waals surface area contributed by atoms with Gasteiger partial charge in [0.2, 0.25) is 5.88 Å². The minimum Gasteiger partial charge on any atom is -0.475 e. The molecule has 0 fully saturated rings. The smallest absolute Gasteiger partial charge is 0.227 e. The lowest BCUT2D eigenvalue weighted by molar-refractivity contribution is 0.144. The molecular weight excluding hydrogens is 378 g/mol. The van der Waals surface area contributed by atoms with Gasteiger partial charge in [0.25, 0.3) is 0 Å². The van der Waals surface area contributed by atoms with Gasteiger partial charge in [-0.2, -0.15) is 0 Å². The van der Waals surface area contributed by atoms with Crippen LogP contribution in [0.2, 0.25) is 0 Å². The SMILES string of the molecule is COCCOc1nc(C)cc2c1c(=O)cc(Nc1ccccc1)n2-c1ccccc1. The van der Waals surface area contributed by atoms with Gasteiger partial charge in [-0.25, -0.2) is 4.98 Å². The molecule has 0 bridgehead atoms. The topological polar surface area (TPSA) is 65.4 Å². The molecule has 4 rings (SSSR count). The van der Waals surface area contributed by atoms with Crippen molar-refractivity contribution in [3.05, 3.63) is 88.7 Å². The number of aromatic nitrogens is 2. The van der Waals surface area contributed by atoms with Crippen LogP contribution in [-0.2, 0) is 4.74 Å². The largest absolute Gasteiger partial charge is 0.475 e. The van der Waals surface area contributed by atoms with Gasteiger partial charge in [0.05, 0.1) is 12.1 Å². The minimum absolute atomic E-state index is 0.157. The average molecular weight is 401 g/mol. The summed E-state index contributed by atoms with van der Waals surface area (Å²) in [4.78, 5) is 17.6. The monoisotopic (exact) mass is 401 g/mol. The summed E-state index contributed by atoms with van der Waals surface area (Å²) < 4.78 is 12.9. The Morgan fingerprint density at radius 3 is 2.37 bits per heavy atom. The van der Waals surface area contributed by atoms with Gasteiger partial charge in [0.1, 0.15) is 17.8 Å². The Morgan fingerprint density at radius 1 is 0.967 bits per heavy atom. The molecule has 6 nitrogen and oxygen atoms in total. The molecule has 0 radical (unpaired) electrons. The first kappa shape index (κ1) is 19.7. The van der Waals surface area contributed by atoms with Gasteiger partial charge < -0.3 is 14.8 Å². The lowest BCUT2D eigenvalue weighted by Crippen LogP contribution is -2.15. The number of fused-ring (bicyclic) bond motifs is 1. The molecule has 0 aliphatic heterocycles. The van der Waals surface area contributed by atoms with E-state index in [2.05, 4.69) is 10.3 Å². The lowest BCUT2D eigenvalue weighted by atomic mass is 10.2. The van der Waals surface area contributed by atoms with Crippen molar-refractivity contribution < 1.29 is 9.47 Å². The maximum absolute atomic E-state index is 13.1. The van der Waals surface area contributed by atoms with E-state index in [0.717, 1.165) is 22.6 Å². The van der Waals surface area contributed by atoms with Crippen molar-refractivity contribution in [3.8, 4) is 11.6 Å².